The second-order valence-corrected chi connectivity index (χ2v) is 1.73. The van der Waals surface area contributed by atoms with Gasteiger partial charge in [0, 0.05) is 0 Å². The van der Waals surface area contributed by atoms with E-state index in [1.165, 1.54) is 0 Å². The van der Waals surface area contributed by atoms with Crippen molar-refractivity contribution in [1.82, 2.24) is 0 Å². The van der Waals surface area contributed by atoms with E-state index in [-0.39, 0.29) is 0 Å². The second-order valence-electron chi connectivity index (χ2n) is 1.73. The van der Waals surface area contributed by atoms with Crippen LogP contribution in [0.2, 0.25) is 0 Å². The number of hydrogen-bond donors (Lipinski definition) is 0. The molecule has 4 heavy (non-hydrogen) atoms. The van der Waals surface area contributed by atoms with Crippen LogP contribution in [0, 0.1) is 5.92 Å². The van der Waals surface area contributed by atoms with Gasteiger partial charge < -0.3 is 0 Å². The highest BCUT2D eigenvalue weighted by atomic mass is 13.7. The van der Waals surface area contributed by atoms with Gasteiger partial charge in [0.05, 0.1) is 0 Å². The van der Waals surface area contributed by atoms with Gasteiger partial charge in [-0.25, -0.2) is 0 Å². The zero-order chi connectivity index (χ0) is 3.58. The van der Waals surface area contributed by atoms with E-state index >= 15 is 0 Å². The van der Waals surface area contributed by atoms with Gasteiger partial charge >= 0.3 is 0 Å². The topological polar surface area (TPSA) is 0 Å². The van der Waals surface area contributed by atoms with Crippen LogP contribution in [0.4, 0.5) is 0 Å². The molecule has 0 rings (SSSR count). The van der Waals surface area contributed by atoms with Crippen LogP contribution < -0.4 is 0 Å². The maximum Gasteiger partial charge on any atom is -0.0500 e. The Hall–Kier alpha value is 0. The van der Waals surface area contributed by atoms with Gasteiger partial charge in [-0.1, -0.05) is 20.8 Å². The van der Waals surface area contributed by atoms with E-state index in [0.717, 1.165) is 5.92 Å². The van der Waals surface area contributed by atoms with Crippen molar-refractivity contribution in [3.63, 3.8) is 0 Å². The molecular formula is C4H10. The average molecular weight is 58.1 g/mol. The highest BCUT2D eigenvalue weighted by Gasteiger charge is 1.68. The lowest BCUT2D eigenvalue weighted by molar-refractivity contribution is 0.737. The van der Waals surface area contributed by atoms with Gasteiger partial charge in [0.15, 0.2) is 0 Å². The Morgan fingerprint density at radius 3 is 1.00 bits per heavy atom. The van der Waals surface area contributed by atoms with Crippen LogP contribution in [0.5, 0.6) is 0 Å². The predicted octanol–water partition coefficient (Wildman–Crippen LogP) is 1.66. The van der Waals surface area contributed by atoms with Crippen molar-refractivity contribution in [2.75, 3.05) is 0 Å². The fourth-order valence-corrected chi connectivity index (χ4v) is 0. The molecule has 0 heterocycles. The Morgan fingerprint density at radius 2 is 1.00 bits per heavy atom. The fraction of sp³-hybridized carbons (Fsp3) is 1.00. The first-order chi connectivity index (χ1) is 1.73. The molecule has 0 aliphatic heterocycles. The molecule has 0 aromatic rings. The molecule has 0 atom stereocenters. The van der Waals surface area contributed by atoms with Crippen molar-refractivity contribution in [3.8, 4) is 0 Å². The molecule has 0 N–H and O–H groups in total. The second kappa shape index (κ2) is 1.33. The molecule has 0 spiro atoms. The summed E-state index contributed by atoms with van der Waals surface area (Å²) in [6, 6.07) is 0. The standard InChI is InChI=1S/C4H10/c1-4(2)3/h4H,1-3H3. The Morgan fingerprint density at radius 1 is 1.00 bits per heavy atom. The van der Waals surface area contributed by atoms with Gasteiger partial charge in [0.2, 0.25) is 0 Å². The van der Waals surface area contributed by atoms with Gasteiger partial charge in [-0.15, -0.1) is 0 Å². The summed E-state index contributed by atoms with van der Waals surface area (Å²) in [5.41, 5.74) is 0. The molecular weight excluding hydrogens is 48.0 g/mol. The maximum atomic E-state index is 2.17. The first-order valence-corrected chi connectivity index (χ1v) is 1.73. The van der Waals surface area contributed by atoms with E-state index in [1.807, 2.05) is 0 Å². The van der Waals surface area contributed by atoms with E-state index in [9.17, 15) is 0 Å². The Balaban J connectivity index is 2.32. The third-order valence-corrected chi connectivity index (χ3v) is 0. The molecule has 26 valence electrons. The van der Waals surface area contributed by atoms with Gasteiger partial charge in [0.1, 0.15) is 0 Å². The lowest BCUT2D eigenvalue weighted by atomic mass is 10.3. The van der Waals surface area contributed by atoms with Crippen molar-refractivity contribution >= 4 is 0 Å². The Bertz CT molecular complexity index is 4.75. The zero-order valence-electron chi connectivity index (χ0n) is 3.58. The molecule has 0 saturated carbocycles. The minimum absolute atomic E-state index is 0.833. The van der Waals surface area contributed by atoms with Crippen molar-refractivity contribution in [1.29, 1.82) is 0 Å². The lowest BCUT2D eigenvalue weighted by Gasteiger charge is -1.79. The van der Waals surface area contributed by atoms with Crippen molar-refractivity contribution in [2.24, 2.45) is 5.92 Å². The first kappa shape index (κ1) is 4.00. The van der Waals surface area contributed by atoms with Crippen LogP contribution in [-0.2, 0) is 0 Å². The molecule has 0 aliphatic carbocycles. The summed E-state index contributed by atoms with van der Waals surface area (Å²) < 4.78 is 0. The monoisotopic (exact) mass is 58.1 g/mol. The van der Waals surface area contributed by atoms with Gasteiger partial charge in [0.25, 0.3) is 0 Å². The van der Waals surface area contributed by atoms with Crippen molar-refractivity contribution in [3.05, 3.63) is 0 Å². The summed E-state index contributed by atoms with van der Waals surface area (Å²) in [7, 11) is 0. The third kappa shape index (κ3) is 0. The van der Waals surface area contributed by atoms with E-state index in [2.05, 4.69) is 20.8 Å². The molecule has 0 aromatic carbocycles. The Labute approximate surface area is 27.8 Å². The van der Waals surface area contributed by atoms with Crippen LogP contribution in [0.1, 0.15) is 20.8 Å². The van der Waals surface area contributed by atoms with Crippen molar-refractivity contribution < 1.29 is 0 Å². The van der Waals surface area contributed by atoms with Gasteiger partial charge in [-0.05, 0) is 5.92 Å². The average Bonchev–Trinajstić information content (AvgIpc) is 0.811. The molecule has 0 radical (unpaired) electrons. The first-order valence-electron chi connectivity index (χ1n) is 1.73. The van der Waals surface area contributed by atoms with E-state index in [1.54, 1.807) is 0 Å². The van der Waals surface area contributed by atoms with Crippen LogP contribution in [0.25, 0.3) is 0 Å². The molecule has 0 aromatic heterocycles. The van der Waals surface area contributed by atoms with E-state index in [4.69, 9.17) is 0 Å². The molecule has 0 unspecified atom stereocenters. The minimum Gasteiger partial charge on any atom is -0.0630 e. The quantitative estimate of drug-likeness (QED) is 0.397. The van der Waals surface area contributed by atoms with Crippen LogP contribution in [0.3, 0.4) is 0 Å². The van der Waals surface area contributed by atoms with Crippen LogP contribution in [-0.4, -0.2) is 0 Å². The number of rotatable bonds is 0. The SMILES string of the molecule is CC(C)C. The fourth-order valence-electron chi connectivity index (χ4n) is 0. The molecule has 0 saturated heterocycles. The van der Waals surface area contributed by atoms with E-state index < -0.39 is 0 Å². The van der Waals surface area contributed by atoms with Crippen molar-refractivity contribution in [2.45, 2.75) is 20.8 Å². The van der Waals surface area contributed by atoms with Crippen LogP contribution in [0.15, 0.2) is 0 Å². The maximum absolute atomic E-state index is 2.17. The lowest BCUT2D eigenvalue weighted by Crippen LogP contribution is -1.66. The zero-order valence-corrected chi connectivity index (χ0v) is 3.58. The molecule has 0 nitrogen and oxygen atoms in total. The molecule has 0 bridgehead atoms. The summed E-state index contributed by atoms with van der Waals surface area (Å²) >= 11 is 0. The molecule has 0 heteroatoms. The summed E-state index contributed by atoms with van der Waals surface area (Å²) in [6.45, 7) is 6.50. The Kier molecular flexibility index (Phi) is 1.33. The highest BCUT2D eigenvalue weighted by molar-refractivity contribution is 4.20. The van der Waals surface area contributed by atoms with Crippen LogP contribution >= 0.6 is 0 Å². The smallest absolute Gasteiger partial charge is 0.0500 e. The normalized spacial score (nSPS) is 9.00. The van der Waals surface area contributed by atoms with Gasteiger partial charge in [-0.3, -0.25) is 0 Å². The number of hydrogen-bond acceptors (Lipinski definition) is 0. The largest absolute Gasteiger partial charge is 0.0630 e. The summed E-state index contributed by atoms with van der Waals surface area (Å²) in [6.07, 6.45) is 0. The molecule has 0 aliphatic rings. The summed E-state index contributed by atoms with van der Waals surface area (Å²) in [4.78, 5) is 0. The minimum atomic E-state index is 0.833. The van der Waals surface area contributed by atoms with E-state index in [0.29, 0.717) is 0 Å². The third-order valence-electron chi connectivity index (χ3n) is 0. The summed E-state index contributed by atoms with van der Waals surface area (Å²) in [5, 5.41) is 0. The molecule has 0 amide bonds. The molecule has 0 fully saturated rings. The van der Waals surface area contributed by atoms with Gasteiger partial charge in [-0.2, -0.15) is 0 Å². The summed E-state index contributed by atoms with van der Waals surface area (Å²) in [5.74, 6) is 0.833. The predicted molar refractivity (Wildman–Crippen MR) is 20.5 cm³/mol. The highest BCUT2D eigenvalue weighted by Crippen LogP contribution is 1.81.